The van der Waals surface area contributed by atoms with E-state index in [4.69, 9.17) is 0 Å². The molecular formula is C106H82N2. The Bertz CT molecular complexity index is 6430. The SMILES string of the molecule is CC(C)(C)c1ccc2c(c1)C1(c3ccccc3-c3ccc(N4c5ccc6c(c5)C(C)(c5cccc(c5)-c5cc(-c7ccc(-c8ccc(N(c9ccc(-c%10cccc%11ccccc%10%11)cc9)c9ccc%10c(c9)C(C)(C)c9ccccc9-%10)cc8)c8ccccc78)ccc54)c4ccccc4-6)cc31)c1cc(C(C)(C)C)ccc1-2. The van der Waals surface area contributed by atoms with Crippen molar-refractivity contribution < 1.29 is 0 Å². The van der Waals surface area contributed by atoms with Crippen LogP contribution in [0.5, 0.6) is 0 Å². The topological polar surface area (TPSA) is 6.48 Å². The fourth-order valence-corrected chi connectivity index (χ4v) is 19.9. The second-order valence-corrected chi connectivity index (χ2v) is 33.7. The van der Waals surface area contributed by atoms with E-state index in [2.05, 4.69) is 406 Å². The van der Waals surface area contributed by atoms with Crippen molar-refractivity contribution in [3.8, 4) is 89.0 Å². The molecule has 1 unspecified atom stereocenters. The van der Waals surface area contributed by atoms with E-state index in [0.717, 1.165) is 45.3 Å². The van der Waals surface area contributed by atoms with Crippen LogP contribution in [0.1, 0.15) is 124 Å². The molecule has 0 radical (unpaired) electrons. The second kappa shape index (κ2) is 23.1. The minimum absolute atomic E-state index is 0.0653. The van der Waals surface area contributed by atoms with Crippen LogP contribution in [0.3, 0.4) is 0 Å². The predicted octanol–water partition coefficient (Wildman–Crippen LogP) is 28.5. The Balaban J connectivity index is 0.717. The summed E-state index contributed by atoms with van der Waals surface area (Å²) in [5.74, 6) is 0. The van der Waals surface area contributed by atoms with Crippen molar-refractivity contribution in [1.29, 1.82) is 0 Å². The molecule has 0 amide bonds. The molecule has 1 heterocycles. The zero-order valence-electron chi connectivity index (χ0n) is 62.6. The van der Waals surface area contributed by atoms with Crippen LogP contribution < -0.4 is 9.80 Å². The van der Waals surface area contributed by atoms with Crippen LogP contribution in [0.4, 0.5) is 34.1 Å². The average molecular weight is 1380 g/mol. The van der Waals surface area contributed by atoms with Gasteiger partial charge in [0.15, 0.2) is 0 Å². The third-order valence-electron chi connectivity index (χ3n) is 25.4. The summed E-state index contributed by atoms with van der Waals surface area (Å²) in [6.45, 7) is 21.4. The van der Waals surface area contributed by atoms with E-state index in [1.807, 2.05) is 0 Å². The van der Waals surface area contributed by atoms with E-state index < -0.39 is 10.8 Å². The molecule has 16 aromatic carbocycles. The summed E-state index contributed by atoms with van der Waals surface area (Å²) in [6.07, 6.45) is 0. The first-order chi connectivity index (χ1) is 52.4. The summed E-state index contributed by atoms with van der Waals surface area (Å²) in [5, 5.41) is 4.91. The summed E-state index contributed by atoms with van der Waals surface area (Å²) in [6, 6.07) is 128. The molecule has 16 aromatic rings. The molecule has 516 valence electrons. The molecule has 0 fully saturated rings. The molecule has 1 spiro atoms. The maximum absolute atomic E-state index is 2.60. The van der Waals surface area contributed by atoms with Crippen LogP contribution in [0, 0.1) is 0 Å². The van der Waals surface area contributed by atoms with Crippen molar-refractivity contribution in [2.24, 2.45) is 0 Å². The van der Waals surface area contributed by atoms with Gasteiger partial charge < -0.3 is 9.80 Å². The van der Waals surface area contributed by atoms with Gasteiger partial charge in [-0.25, -0.2) is 0 Å². The lowest BCUT2D eigenvalue weighted by Gasteiger charge is -2.35. The normalized spacial score (nSPS) is 15.4. The molecule has 21 rings (SSSR count). The van der Waals surface area contributed by atoms with E-state index in [1.54, 1.807) is 0 Å². The largest absolute Gasteiger partial charge is 0.310 e. The lowest BCUT2D eigenvalue weighted by Crippen LogP contribution is -2.27. The van der Waals surface area contributed by atoms with Gasteiger partial charge in [-0.05, 0) is 263 Å². The first-order valence-corrected chi connectivity index (χ1v) is 38.5. The summed E-state index contributed by atoms with van der Waals surface area (Å²) < 4.78 is 0. The van der Waals surface area contributed by atoms with Crippen LogP contribution in [0.15, 0.2) is 334 Å². The molecule has 0 saturated heterocycles. The highest BCUT2D eigenvalue weighted by atomic mass is 15.2. The minimum Gasteiger partial charge on any atom is -0.310 e. The molecule has 0 N–H and O–H groups in total. The second-order valence-electron chi connectivity index (χ2n) is 33.7. The molecule has 4 aliphatic carbocycles. The molecule has 108 heavy (non-hydrogen) atoms. The number of rotatable bonds is 7. The molecule has 1 atom stereocenters. The van der Waals surface area contributed by atoms with Gasteiger partial charge in [-0.3, -0.25) is 0 Å². The molecule has 2 heteroatoms. The van der Waals surface area contributed by atoms with Crippen LogP contribution >= 0.6 is 0 Å². The quantitative estimate of drug-likeness (QED) is 0.157. The van der Waals surface area contributed by atoms with E-state index in [9.17, 15) is 0 Å². The third kappa shape index (κ3) is 9.19. The fraction of sp³-hybridized carbons (Fsp3) is 0.132. The Hall–Kier alpha value is -12.4. The Labute approximate surface area is 634 Å². The monoisotopic (exact) mass is 1380 g/mol. The van der Waals surface area contributed by atoms with E-state index in [1.165, 1.54) is 161 Å². The first kappa shape index (κ1) is 64.1. The van der Waals surface area contributed by atoms with Crippen molar-refractivity contribution >= 4 is 55.7 Å². The summed E-state index contributed by atoms with van der Waals surface area (Å²) in [5.41, 5.74) is 40.1. The smallest absolute Gasteiger partial charge is 0.0726 e. The summed E-state index contributed by atoms with van der Waals surface area (Å²) in [4.78, 5) is 5.04. The van der Waals surface area contributed by atoms with E-state index in [-0.39, 0.29) is 16.2 Å². The van der Waals surface area contributed by atoms with Crippen LogP contribution in [0.25, 0.3) is 111 Å². The van der Waals surface area contributed by atoms with Gasteiger partial charge in [0.1, 0.15) is 0 Å². The number of fused-ring (bicyclic) bond motifs is 24. The standard InChI is InChI=1S/C106H82N2/c1-102(2,3)70-41-50-89-90-51-42-71(103(4,5)6)61-99(90)106(98(89)60-70)95-35-19-16-31-86(95)91-54-49-77(64-100(91)106)108-76-48-53-88-85-30-15-18-34-94(85)105(9,97(88)63-76)72-25-20-24-68(58-72)92-59-69(40-57-101(92)108)81-56-55-80(82-27-12-13-28-83(81)82)67-38-45-74(46-39-67)107(75-47-52-87-84-29-14-17-33-93(84)104(7,8)96(87)62-75)73-43-36-66(37-44-73)79-32-21-23-65-22-10-11-26-78(65)79/h10-64H,1-9H3. The maximum Gasteiger partial charge on any atom is 0.0726 e. The summed E-state index contributed by atoms with van der Waals surface area (Å²) >= 11 is 0. The number of anilines is 6. The lowest BCUT2D eigenvalue weighted by molar-refractivity contribution is 0.586. The van der Waals surface area contributed by atoms with Crippen molar-refractivity contribution in [2.75, 3.05) is 9.80 Å². The Morgan fingerprint density at radius 1 is 0.259 bits per heavy atom. The minimum atomic E-state index is -0.582. The average Bonchev–Trinajstić information content (AvgIpc) is 1.50. The number of benzene rings is 16. The van der Waals surface area contributed by atoms with Crippen LogP contribution in [-0.2, 0) is 27.1 Å². The van der Waals surface area contributed by atoms with Crippen LogP contribution in [-0.4, -0.2) is 0 Å². The van der Waals surface area contributed by atoms with Gasteiger partial charge in [0.2, 0.25) is 0 Å². The molecule has 5 aliphatic rings. The van der Waals surface area contributed by atoms with Gasteiger partial charge in [-0.1, -0.05) is 310 Å². The summed E-state index contributed by atoms with van der Waals surface area (Å²) in [7, 11) is 0. The van der Waals surface area contributed by atoms with Gasteiger partial charge in [-0.2, -0.15) is 0 Å². The van der Waals surface area contributed by atoms with E-state index >= 15 is 0 Å². The molecule has 1 aliphatic heterocycles. The highest BCUT2D eigenvalue weighted by Crippen LogP contribution is 2.65. The van der Waals surface area contributed by atoms with Gasteiger partial charge in [0, 0.05) is 44.8 Å². The van der Waals surface area contributed by atoms with Gasteiger partial charge in [-0.15, -0.1) is 0 Å². The molecule has 4 bridgehead atoms. The van der Waals surface area contributed by atoms with Crippen LogP contribution in [0.2, 0.25) is 0 Å². The molecule has 0 aromatic heterocycles. The predicted molar refractivity (Wildman–Crippen MR) is 455 cm³/mol. The zero-order valence-corrected chi connectivity index (χ0v) is 62.6. The Morgan fingerprint density at radius 2 is 0.676 bits per heavy atom. The van der Waals surface area contributed by atoms with Crippen molar-refractivity contribution in [3.05, 3.63) is 395 Å². The number of hydrogen-bond acceptors (Lipinski definition) is 2. The fourth-order valence-electron chi connectivity index (χ4n) is 19.9. The van der Waals surface area contributed by atoms with Gasteiger partial charge in [0.05, 0.1) is 11.1 Å². The van der Waals surface area contributed by atoms with Crippen molar-refractivity contribution in [2.45, 2.75) is 89.4 Å². The highest BCUT2D eigenvalue weighted by Gasteiger charge is 2.53. The molecule has 0 saturated carbocycles. The first-order valence-electron chi connectivity index (χ1n) is 38.5. The number of hydrogen-bond donors (Lipinski definition) is 0. The van der Waals surface area contributed by atoms with Crippen molar-refractivity contribution in [3.63, 3.8) is 0 Å². The van der Waals surface area contributed by atoms with Crippen molar-refractivity contribution in [1.82, 2.24) is 0 Å². The lowest BCUT2D eigenvalue weighted by atomic mass is 9.68. The zero-order chi connectivity index (χ0) is 72.9. The van der Waals surface area contributed by atoms with E-state index in [0.29, 0.717) is 0 Å². The Morgan fingerprint density at radius 3 is 1.31 bits per heavy atom. The maximum atomic E-state index is 2.60. The Kier molecular flexibility index (Phi) is 13.7. The third-order valence-corrected chi connectivity index (χ3v) is 25.4. The van der Waals surface area contributed by atoms with Gasteiger partial charge in [0.25, 0.3) is 0 Å². The molecule has 2 nitrogen and oxygen atoms in total. The highest BCUT2D eigenvalue weighted by molar-refractivity contribution is 6.07. The number of nitrogens with zero attached hydrogens (tertiary/aromatic N) is 2. The molecular weight excluding hydrogens is 1300 g/mol. The van der Waals surface area contributed by atoms with Gasteiger partial charge >= 0.3 is 0 Å².